The molecule has 0 spiro atoms. The summed E-state index contributed by atoms with van der Waals surface area (Å²) in [5.74, 6) is 0. The van der Waals surface area contributed by atoms with Crippen molar-refractivity contribution in [3.63, 3.8) is 0 Å². The molecule has 1 aliphatic rings. The molecule has 1 aliphatic heterocycles. The van der Waals surface area contributed by atoms with Gasteiger partial charge in [-0.3, -0.25) is 0 Å². The number of hydrogen-bond donors (Lipinski definition) is 1. The van der Waals surface area contributed by atoms with E-state index in [1.165, 1.54) is 0 Å². The topological polar surface area (TPSA) is 12.0 Å². The normalized spacial score (nSPS) is 18.6. The fourth-order valence-electron chi connectivity index (χ4n) is 1.54. The molecule has 84 valence electrons. The van der Waals surface area contributed by atoms with E-state index in [0.29, 0.717) is 17.7 Å². The van der Waals surface area contributed by atoms with Gasteiger partial charge in [-0.2, -0.15) is 13.2 Å². The molecule has 0 bridgehead atoms. The van der Waals surface area contributed by atoms with Crippen LogP contribution in [0.4, 0.5) is 13.2 Å². The Bertz CT molecular complexity index is 334. The molecule has 0 saturated heterocycles. The molecule has 1 N–H and O–H groups in total. The van der Waals surface area contributed by atoms with Crippen LogP contribution < -0.4 is 5.32 Å². The SMILES string of the molecule is C=C(C)/C=C(\C1=C(C)CNC1)C(F)(F)F. The maximum absolute atomic E-state index is 12.7. The van der Waals surface area contributed by atoms with Crippen LogP contribution >= 0.6 is 0 Å². The summed E-state index contributed by atoms with van der Waals surface area (Å²) in [7, 11) is 0. The van der Waals surface area contributed by atoms with Crippen LogP contribution in [0.5, 0.6) is 0 Å². The highest BCUT2D eigenvalue weighted by atomic mass is 19.4. The summed E-state index contributed by atoms with van der Waals surface area (Å²) < 4.78 is 38.2. The van der Waals surface area contributed by atoms with Crippen molar-refractivity contribution in [1.82, 2.24) is 5.32 Å². The van der Waals surface area contributed by atoms with Gasteiger partial charge < -0.3 is 5.32 Å². The molecule has 4 heteroatoms. The zero-order valence-electron chi connectivity index (χ0n) is 8.83. The molecule has 0 aromatic carbocycles. The van der Waals surface area contributed by atoms with Crippen molar-refractivity contribution in [1.29, 1.82) is 0 Å². The molecule has 0 aromatic heterocycles. The van der Waals surface area contributed by atoms with Gasteiger partial charge in [-0.1, -0.05) is 17.7 Å². The molecule has 0 amide bonds. The molecular weight excluding hydrogens is 203 g/mol. The Morgan fingerprint density at radius 1 is 1.40 bits per heavy atom. The van der Waals surface area contributed by atoms with Crippen LogP contribution in [-0.4, -0.2) is 19.3 Å². The van der Waals surface area contributed by atoms with Crippen molar-refractivity contribution in [2.45, 2.75) is 20.0 Å². The van der Waals surface area contributed by atoms with Crippen molar-refractivity contribution in [2.75, 3.05) is 13.1 Å². The quantitative estimate of drug-likeness (QED) is 0.701. The number of allylic oxidation sites excluding steroid dienone is 2. The van der Waals surface area contributed by atoms with Gasteiger partial charge in [0.25, 0.3) is 0 Å². The van der Waals surface area contributed by atoms with E-state index in [1.54, 1.807) is 13.8 Å². The van der Waals surface area contributed by atoms with Crippen LogP contribution in [0.15, 0.2) is 34.9 Å². The molecule has 15 heavy (non-hydrogen) atoms. The molecule has 0 radical (unpaired) electrons. The van der Waals surface area contributed by atoms with Crippen LogP contribution in [0.1, 0.15) is 13.8 Å². The van der Waals surface area contributed by atoms with E-state index in [1.807, 2.05) is 0 Å². The van der Waals surface area contributed by atoms with Crippen LogP contribution in [0.3, 0.4) is 0 Å². The summed E-state index contributed by atoms with van der Waals surface area (Å²) in [6.45, 7) is 7.57. The van der Waals surface area contributed by atoms with Gasteiger partial charge in [0.15, 0.2) is 0 Å². The van der Waals surface area contributed by atoms with Crippen molar-refractivity contribution in [3.8, 4) is 0 Å². The third-order valence-electron chi connectivity index (χ3n) is 2.23. The first-order chi connectivity index (χ1) is 6.82. The Hall–Kier alpha value is -1.03. The van der Waals surface area contributed by atoms with Gasteiger partial charge in [-0.15, -0.1) is 0 Å². The van der Waals surface area contributed by atoms with Gasteiger partial charge in [0.1, 0.15) is 0 Å². The molecule has 0 fully saturated rings. The largest absolute Gasteiger partial charge is 0.416 e. The lowest BCUT2D eigenvalue weighted by Crippen LogP contribution is -2.17. The lowest BCUT2D eigenvalue weighted by atomic mass is 10.0. The second-order valence-corrected chi connectivity index (χ2v) is 3.76. The Morgan fingerprint density at radius 2 is 2.00 bits per heavy atom. The second kappa shape index (κ2) is 4.23. The Kier molecular flexibility index (Phi) is 3.39. The van der Waals surface area contributed by atoms with E-state index in [4.69, 9.17) is 0 Å². The number of alkyl halides is 3. The fraction of sp³-hybridized carbons (Fsp3) is 0.455. The van der Waals surface area contributed by atoms with Gasteiger partial charge in [0, 0.05) is 13.1 Å². The van der Waals surface area contributed by atoms with Crippen molar-refractivity contribution in [3.05, 3.63) is 34.9 Å². The monoisotopic (exact) mass is 217 g/mol. The summed E-state index contributed by atoms with van der Waals surface area (Å²) in [6, 6.07) is 0. The zero-order chi connectivity index (χ0) is 11.6. The number of hydrogen-bond acceptors (Lipinski definition) is 1. The van der Waals surface area contributed by atoms with Crippen molar-refractivity contribution < 1.29 is 13.2 Å². The number of halogens is 3. The summed E-state index contributed by atoms with van der Waals surface area (Å²) in [6.07, 6.45) is -3.20. The minimum absolute atomic E-state index is 0.282. The van der Waals surface area contributed by atoms with E-state index in [-0.39, 0.29) is 6.54 Å². The van der Waals surface area contributed by atoms with Crippen LogP contribution in [0.2, 0.25) is 0 Å². The summed E-state index contributed by atoms with van der Waals surface area (Å²) >= 11 is 0. The number of rotatable bonds is 2. The predicted octanol–water partition coefficient (Wildman–Crippen LogP) is 2.97. The summed E-state index contributed by atoms with van der Waals surface area (Å²) in [5, 5.41) is 2.90. The lowest BCUT2D eigenvalue weighted by molar-refractivity contribution is -0.0894. The Labute approximate surface area is 87.4 Å². The molecule has 1 nitrogen and oxygen atoms in total. The zero-order valence-corrected chi connectivity index (χ0v) is 8.83. The van der Waals surface area contributed by atoms with Gasteiger partial charge in [-0.25, -0.2) is 0 Å². The molecule has 0 aliphatic carbocycles. The highest BCUT2D eigenvalue weighted by Crippen LogP contribution is 2.34. The van der Waals surface area contributed by atoms with Gasteiger partial charge >= 0.3 is 6.18 Å². The van der Waals surface area contributed by atoms with E-state index in [9.17, 15) is 13.2 Å². The highest BCUT2D eigenvalue weighted by molar-refractivity contribution is 5.45. The third-order valence-corrected chi connectivity index (χ3v) is 2.23. The van der Waals surface area contributed by atoms with E-state index in [2.05, 4.69) is 11.9 Å². The minimum atomic E-state index is -4.30. The molecule has 0 aromatic rings. The second-order valence-electron chi connectivity index (χ2n) is 3.76. The molecular formula is C11H14F3N. The molecule has 0 atom stereocenters. The summed E-state index contributed by atoms with van der Waals surface area (Å²) in [4.78, 5) is 0. The van der Waals surface area contributed by atoms with Gasteiger partial charge in [0.05, 0.1) is 5.57 Å². The molecule has 0 unspecified atom stereocenters. The fourth-order valence-corrected chi connectivity index (χ4v) is 1.54. The Morgan fingerprint density at radius 3 is 2.33 bits per heavy atom. The maximum Gasteiger partial charge on any atom is 0.416 e. The smallest absolute Gasteiger partial charge is 0.309 e. The summed E-state index contributed by atoms with van der Waals surface area (Å²) in [5.41, 5.74) is 0.942. The standard InChI is InChI=1S/C11H14F3N/c1-7(2)4-10(11(12,13)14)9-6-15-5-8(9)3/h4,15H,1,5-6H2,2-3H3/b10-4+. The average molecular weight is 217 g/mol. The third kappa shape index (κ3) is 2.96. The van der Waals surface area contributed by atoms with Crippen LogP contribution in [-0.2, 0) is 0 Å². The van der Waals surface area contributed by atoms with E-state index >= 15 is 0 Å². The van der Waals surface area contributed by atoms with Crippen LogP contribution in [0, 0.1) is 0 Å². The average Bonchev–Trinajstić information content (AvgIpc) is 2.45. The molecule has 1 heterocycles. The lowest BCUT2D eigenvalue weighted by Gasteiger charge is -2.13. The molecule has 1 rings (SSSR count). The van der Waals surface area contributed by atoms with Crippen molar-refractivity contribution >= 4 is 0 Å². The predicted molar refractivity (Wildman–Crippen MR) is 54.5 cm³/mol. The van der Waals surface area contributed by atoms with Crippen LogP contribution in [0.25, 0.3) is 0 Å². The van der Waals surface area contributed by atoms with E-state index in [0.717, 1.165) is 11.6 Å². The minimum Gasteiger partial charge on any atom is -0.309 e. The van der Waals surface area contributed by atoms with Crippen molar-refractivity contribution in [2.24, 2.45) is 0 Å². The first kappa shape index (κ1) is 12.0. The van der Waals surface area contributed by atoms with E-state index < -0.39 is 11.7 Å². The first-order valence-electron chi connectivity index (χ1n) is 4.66. The first-order valence-corrected chi connectivity index (χ1v) is 4.66. The Balaban J connectivity index is 3.13. The highest BCUT2D eigenvalue weighted by Gasteiger charge is 2.37. The van der Waals surface area contributed by atoms with Gasteiger partial charge in [-0.05, 0) is 25.5 Å². The molecule has 0 saturated carbocycles. The van der Waals surface area contributed by atoms with Gasteiger partial charge in [0.2, 0.25) is 0 Å². The number of nitrogens with one attached hydrogen (secondary N) is 1. The maximum atomic E-state index is 12.7.